The van der Waals surface area contributed by atoms with Gasteiger partial charge in [-0.1, -0.05) is 6.07 Å². The van der Waals surface area contributed by atoms with E-state index in [0.29, 0.717) is 16.8 Å². The lowest BCUT2D eigenvalue weighted by atomic mass is 10.2. The topological polar surface area (TPSA) is 59.3 Å². The number of hydrogen-bond donors (Lipinski definition) is 1. The fraction of sp³-hybridized carbons (Fsp3) is 0.188. The van der Waals surface area contributed by atoms with Crippen molar-refractivity contribution in [1.29, 1.82) is 0 Å². The van der Waals surface area contributed by atoms with E-state index in [4.69, 9.17) is 0 Å². The van der Waals surface area contributed by atoms with Gasteiger partial charge in [0.25, 0.3) is 5.91 Å². The van der Waals surface area contributed by atoms with E-state index in [-0.39, 0.29) is 29.9 Å². The fourth-order valence-corrected chi connectivity index (χ4v) is 1.86. The summed E-state index contributed by atoms with van der Waals surface area (Å²) in [5, 5.41) is 2.76. The Morgan fingerprint density at radius 1 is 1.14 bits per heavy atom. The van der Waals surface area contributed by atoms with Crippen molar-refractivity contribution in [3.8, 4) is 0 Å². The molecule has 0 fully saturated rings. The molecule has 1 N–H and O–H groups in total. The van der Waals surface area contributed by atoms with E-state index in [1.165, 1.54) is 7.11 Å². The third kappa shape index (κ3) is 4.52. The summed E-state index contributed by atoms with van der Waals surface area (Å²) < 4.78 is 6.62. The van der Waals surface area contributed by atoms with Crippen LogP contribution in [-0.4, -0.2) is 19.0 Å². The Morgan fingerprint density at radius 3 is 2.41 bits per heavy atom. The van der Waals surface area contributed by atoms with Crippen molar-refractivity contribution in [3.05, 3.63) is 59.9 Å². The van der Waals surface area contributed by atoms with Crippen molar-refractivity contribution in [2.24, 2.45) is 0 Å². The van der Waals surface area contributed by atoms with Gasteiger partial charge in [0.15, 0.2) is 12.4 Å². The van der Waals surface area contributed by atoms with Crippen LogP contribution in [0.1, 0.15) is 27.6 Å². The van der Waals surface area contributed by atoms with Gasteiger partial charge in [0.2, 0.25) is 0 Å². The number of aromatic nitrogens is 1. The van der Waals surface area contributed by atoms with Crippen molar-refractivity contribution in [1.82, 2.24) is 0 Å². The summed E-state index contributed by atoms with van der Waals surface area (Å²) in [5.74, 6) is -0.657. The Labute approximate surface area is 146 Å². The maximum atomic E-state index is 12.1. The van der Waals surface area contributed by atoms with Gasteiger partial charge in [-0.25, -0.2) is 9.36 Å². The molecular formula is C16H17IN2O3. The van der Waals surface area contributed by atoms with E-state index in [2.05, 4.69) is 10.1 Å². The number of hydrogen-bond acceptors (Lipinski definition) is 3. The highest BCUT2D eigenvalue weighted by Crippen LogP contribution is 2.12. The second-order valence-electron chi connectivity index (χ2n) is 4.44. The summed E-state index contributed by atoms with van der Waals surface area (Å²) in [5.41, 5.74) is 1.51. The first-order valence-electron chi connectivity index (χ1n) is 6.63. The number of nitrogens with zero attached hydrogens (tertiary/aromatic N) is 1. The number of halogens is 1. The molecule has 0 saturated carbocycles. The highest BCUT2D eigenvalue weighted by atomic mass is 127. The third-order valence-corrected chi connectivity index (χ3v) is 3.06. The predicted molar refractivity (Wildman–Crippen MR) is 78.0 cm³/mol. The molecule has 0 radical (unpaired) electrons. The second kappa shape index (κ2) is 8.47. The van der Waals surface area contributed by atoms with Crippen LogP contribution in [0.25, 0.3) is 0 Å². The van der Waals surface area contributed by atoms with E-state index >= 15 is 0 Å². The molecular weight excluding hydrogens is 395 g/mol. The second-order valence-corrected chi connectivity index (χ2v) is 4.44. The Bertz CT molecular complexity index is 657. The highest BCUT2D eigenvalue weighted by molar-refractivity contribution is 6.04. The van der Waals surface area contributed by atoms with Gasteiger partial charge in [-0.2, -0.15) is 0 Å². The van der Waals surface area contributed by atoms with Crippen LogP contribution in [-0.2, 0) is 11.3 Å². The molecule has 0 spiro atoms. The van der Waals surface area contributed by atoms with Crippen LogP contribution in [0.4, 0.5) is 5.69 Å². The monoisotopic (exact) mass is 412 g/mol. The first kappa shape index (κ1) is 18.1. The average Bonchev–Trinajstić information content (AvgIpc) is 2.54. The van der Waals surface area contributed by atoms with E-state index in [0.717, 1.165) is 6.54 Å². The molecule has 116 valence electrons. The Balaban J connectivity index is 0.00000242. The zero-order valence-electron chi connectivity index (χ0n) is 12.4. The smallest absolute Gasteiger partial charge is 0.337 e. The first-order valence-corrected chi connectivity index (χ1v) is 6.63. The molecule has 2 aromatic rings. The van der Waals surface area contributed by atoms with Gasteiger partial charge in [-0.05, 0) is 25.1 Å². The largest absolute Gasteiger partial charge is 1.00 e. The minimum Gasteiger partial charge on any atom is -1.00 e. The molecule has 0 saturated heterocycles. The lowest BCUT2D eigenvalue weighted by molar-refractivity contribution is -0.693. The Morgan fingerprint density at radius 2 is 1.82 bits per heavy atom. The molecule has 0 aliphatic rings. The molecule has 1 amide bonds. The van der Waals surface area contributed by atoms with Crippen molar-refractivity contribution in [3.63, 3.8) is 0 Å². The number of amides is 1. The van der Waals surface area contributed by atoms with Crippen LogP contribution in [0.2, 0.25) is 0 Å². The maximum Gasteiger partial charge on any atom is 0.337 e. The lowest BCUT2D eigenvalue weighted by Crippen LogP contribution is -3.00. The average molecular weight is 412 g/mol. The highest BCUT2D eigenvalue weighted by Gasteiger charge is 2.10. The minimum atomic E-state index is -0.435. The quantitative estimate of drug-likeness (QED) is 0.400. The number of carbonyl (C=O) groups excluding carboxylic acids is 2. The summed E-state index contributed by atoms with van der Waals surface area (Å²) >= 11 is 0. The molecule has 0 aliphatic carbocycles. The standard InChI is InChI=1S/C16H16N2O3.HI/c1-3-18-9-7-12(8-10-18)15(19)17-14-6-4-5-13(11-14)16(20)21-2;/h4-11H,3H2,1-2H3;1H. The normalized spacial score (nSPS) is 9.55. The molecule has 22 heavy (non-hydrogen) atoms. The molecule has 2 rings (SSSR count). The number of aryl methyl sites for hydroxylation is 1. The number of nitrogens with one attached hydrogen (secondary N) is 1. The number of benzene rings is 1. The van der Waals surface area contributed by atoms with Gasteiger partial charge < -0.3 is 34.0 Å². The third-order valence-electron chi connectivity index (χ3n) is 3.06. The van der Waals surface area contributed by atoms with Crippen LogP contribution in [0, 0.1) is 0 Å². The minimum absolute atomic E-state index is 0. The molecule has 1 aromatic heterocycles. The summed E-state index contributed by atoms with van der Waals surface area (Å²) in [6, 6.07) is 10.1. The van der Waals surface area contributed by atoms with Crippen LogP contribution >= 0.6 is 0 Å². The number of esters is 1. The summed E-state index contributed by atoms with van der Waals surface area (Å²) in [6.07, 6.45) is 3.69. The summed E-state index contributed by atoms with van der Waals surface area (Å²) in [7, 11) is 1.32. The summed E-state index contributed by atoms with van der Waals surface area (Å²) in [4.78, 5) is 23.6. The van der Waals surface area contributed by atoms with Crippen LogP contribution in [0.5, 0.6) is 0 Å². The van der Waals surface area contributed by atoms with Gasteiger partial charge in [-0.3, -0.25) is 4.79 Å². The van der Waals surface area contributed by atoms with Gasteiger partial charge in [0, 0.05) is 17.8 Å². The molecule has 1 heterocycles. The van der Waals surface area contributed by atoms with Crippen molar-refractivity contribution < 1.29 is 42.9 Å². The molecule has 0 unspecified atom stereocenters. The van der Waals surface area contributed by atoms with E-state index in [1.807, 2.05) is 23.9 Å². The number of pyridine rings is 1. The summed E-state index contributed by atoms with van der Waals surface area (Å²) in [6.45, 7) is 2.88. The van der Waals surface area contributed by atoms with Gasteiger partial charge in [0.05, 0.1) is 18.2 Å². The predicted octanol–water partition coefficient (Wildman–Crippen LogP) is -0.963. The first-order chi connectivity index (χ1) is 10.1. The Hall–Kier alpha value is -1.96. The molecule has 5 nitrogen and oxygen atoms in total. The van der Waals surface area contributed by atoms with Crippen molar-refractivity contribution in [2.45, 2.75) is 13.5 Å². The molecule has 1 aromatic carbocycles. The van der Waals surface area contributed by atoms with E-state index in [1.54, 1.807) is 36.4 Å². The fourth-order valence-electron chi connectivity index (χ4n) is 1.86. The van der Waals surface area contributed by atoms with Crippen LogP contribution < -0.4 is 33.9 Å². The van der Waals surface area contributed by atoms with Crippen LogP contribution in [0.3, 0.4) is 0 Å². The number of anilines is 1. The molecule has 0 aliphatic heterocycles. The number of rotatable bonds is 4. The van der Waals surface area contributed by atoms with Gasteiger partial charge >= 0.3 is 5.97 Å². The zero-order valence-corrected chi connectivity index (χ0v) is 14.5. The molecule has 6 heteroatoms. The van der Waals surface area contributed by atoms with Gasteiger partial charge in [-0.15, -0.1) is 0 Å². The van der Waals surface area contributed by atoms with Gasteiger partial charge in [0.1, 0.15) is 6.54 Å². The van der Waals surface area contributed by atoms with E-state index < -0.39 is 5.97 Å². The SMILES string of the molecule is CC[n+]1ccc(C(=O)Nc2cccc(C(=O)OC)c2)cc1.[I-]. The van der Waals surface area contributed by atoms with E-state index in [9.17, 15) is 9.59 Å². The number of ether oxygens (including phenoxy) is 1. The maximum absolute atomic E-state index is 12.1. The lowest BCUT2D eigenvalue weighted by Gasteiger charge is -2.06. The number of methoxy groups -OCH3 is 1. The molecule has 0 bridgehead atoms. The Kier molecular flexibility index (Phi) is 6.97. The zero-order chi connectivity index (χ0) is 15.2. The van der Waals surface area contributed by atoms with Crippen LogP contribution in [0.15, 0.2) is 48.8 Å². The molecule has 0 atom stereocenters. The van der Waals surface area contributed by atoms with Crippen molar-refractivity contribution >= 4 is 17.6 Å². The van der Waals surface area contributed by atoms with Crippen molar-refractivity contribution in [2.75, 3.05) is 12.4 Å². The number of carbonyl (C=O) groups is 2.